The number of carboxylic acids is 1. The van der Waals surface area contributed by atoms with Crippen LogP contribution in [-0.4, -0.2) is 31.6 Å². The third kappa shape index (κ3) is 1.84. The lowest BCUT2D eigenvalue weighted by Gasteiger charge is -2.13. The quantitative estimate of drug-likeness (QED) is 0.785. The maximum absolute atomic E-state index is 11.0. The van der Waals surface area contributed by atoms with Gasteiger partial charge >= 0.3 is 5.97 Å². The molecule has 0 spiro atoms. The van der Waals surface area contributed by atoms with Gasteiger partial charge in [0.15, 0.2) is 6.29 Å². The van der Waals surface area contributed by atoms with Gasteiger partial charge in [-0.1, -0.05) is 0 Å². The predicted molar refractivity (Wildman–Crippen MR) is 56.6 cm³/mol. The molecule has 0 radical (unpaired) electrons. The van der Waals surface area contributed by atoms with Gasteiger partial charge in [-0.15, -0.1) is 0 Å². The molecule has 0 aliphatic carbocycles. The fraction of sp³-hybridized carbons (Fsp3) is 0.273. The van der Waals surface area contributed by atoms with Gasteiger partial charge in [0.1, 0.15) is 17.1 Å². The Hall–Kier alpha value is -2.04. The average Bonchev–Trinajstić information content (AvgIpc) is 2.26. The second kappa shape index (κ2) is 4.65. The van der Waals surface area contributed by atoms with E-state index in [1.807, 2.05) is 0 Å². The largest absolute Gasteiger partial charge is 0.496 e. The number of hydrogen-bond donors (Lipinski definition) is 1. The minimum absolute atomic E-state index is 0.0228. The molecular weight excluding hydrogens is 212 g/mol. The number of methoxy groups -OCH3 is 2. The summed E-state index contributed by atoms with van der Waals surface area (Å²) >= 11 is 0. The Morgan fingerprint density at radius 1 is 1.38 bits per heavy atom. The number of hydrogen-bond acceptors (Lipinski definition) is 4. The first-order chi connectivity index (χ1) is 7.56. The molecule has 0 aliphatic rings. The van der Waals surface area contributed by atoms with Crippen molar-refractivity contribution in [1.82, 2.24) is 0 Å². The zero-order valence-corrected chi connectivity index (χ0v) is 9.23. The van der Waals surface area contributed by atoms with E-state index in [0.717, 1.165) is 0 Å². The normalized spacial score (nSPS) is 9.69. The molecule has 0 amide bonds. The SMILES string of the molecule is COc1cc(C)c(C(=O)O)c(OC)c1C=O. The number of carboxylic acid groups (broad SMARTS) is 1. The van der Waals surface area contributed by atoms with Crippen molar-refractivity contribution in [1.29, 1.82) is 0 Å². The molecule has 0 aliphatic heterocycles. The van der Waals surface area contributed by atoms with Crippen molar-refractivity contribution in [2.75, 3.05) is 14.2 Å². The van der Waals surface area contributed by atoms with Crippen LogP contribution in [0.3, 0.4) is 0 Å². The highest BCUT2D eigenvalue weighted by molar-refractivity contribution is 5.98. The summed E-state index contributed by atoms with van der Waals surface area (Å²) in [5.41, 5.74) is 0.560. The molecule has 0 heterocycles. The summed E-state index contributed by atoms with van der Waals surface area (Å²) in [6, 6.07) is 1.50. The summed E-state index contributed by atoms with van der Waals surface area (Å²) in [6.45, 7) is 1.61. The molecule has 1 aromatic rings. The molecular formula is C11H12O5. The highest BCUT2D eigenvalue weighted by Gasteiger charge is 2.21. The maximum Gasteiger partial charge on any atom is 0.339 e. The fourth-order valence-corrected chi connectivity index (χ4v) is 1.53. The Morgan fingerprint density at radius 3 is 2.38 bits per heavy atom. The number of aromatic carboxylic acids is 1. The topological polar surface area (TPSA) is 72.8 Å². The molecule has 0 unspecified atom stereocenters. The Morgan fingerprint density at radius 2 is 2.00 bits per heavy atom. The molecule has 1 N–H and O–H groups in total. The van der Waals surface area contributed by atoms with Crippen molar-refractivity contribution in [2.45, 2.75) is 6.92 Å². The van der Waals surface area contributed by atoms with Crippen LogP contribution in [0.4, 0.5) is 0 Å². The molecule has 0 aromatic heterocycles. The number of aldehydes is 1. The Labute approximate surface area is 92.6 Å². The monoisotopic (exact) mass is 224 g/mol. The standard InChI is InChI=1S/C11H12O5/c1-6-4-8(15-2)7(5-12)10(16-3)9(6)11(13)14/h4-5H,1-3H3,(H,13,14). The minimum atomic E-state index is -1.14. The highest BCUT2D eigenvalue weighted by atomic mass is 16.5. The number of carbonyl (C=O) groups excluding carboxylic acids is 1. The first kappa shape index (κ1) is 12.0. The zero-order chi connectivity index (χ0) is 12.3. The molecule has 1 rings (SSSR count). The Kier molecular flexibility index (Phi) is 3.50. The van der Waals surface area contributed by atoms with E-state index in [0.29, 0.717) is 17.6 Å². The van der Waals surface area contributed by atoms with Gasteiger partial charge in [-0.25, -0.2) is 4.79 Å². The van der Waals surface area contributed by atoms with Gasteiger partial charge in [-0.3, -0.25) is 4.79 Å². The average molecular weight is 224 g/mol. The predicted octanol–water partition coefficient (Wildman–Crippen LogP) is 1.52. The van der Waals surface area contributed by atoms with E-state index in [1.165, 1.54) is 20.3 Å². The van der Waals surface area contributed by atoms with Crippen LogP contribution in [-0.2, 0) is 0 Å². The lowest BCUT2D eigenvalue weighted by molar-refractivity contribution is 0.0692. The van der Waals surface area contributed by atoms with Crippen LogP contribution in [0.25, 0.3) is 0 Å². The van der Waals surface area contributed by atoms with Gasteiger partial charge in [0.2, 0.25) is 0 Å². The van der Waals surface area contributed by atoms with E-state index in [2.05, 4.69) is 0 Å². The van der Waals surface area contributed by atoms with E-state index in [1.54, 1.807) is 6.92 Å². The van der Waals surface area contributed by atoms with Gasteiger partial charge in [-0.2, -0.15) is 0 Å². The molecule has 0 saturated heterocycles. The summed E-state index contributed by atoms with van der Waals surface area (Å²) in [4.78, 5) is 21.9. The second-order valence-electron chi connectivity index (χ2n) is 3.14. The fourth-order valence-electron chi connectivity index (χ4n) is 1.53. The summed E-state index contributed by atoms with van der Waals surface area (Å²) in [5.74, 6) is -0.811. The summed E-state index contributed by atoms with van der Waals surface area (Å²) in [5, 5.41) is 9.02. The van der Waals surface area contributed by atoms with Crippen molar-refractivity contribution < 1.29 is 24.2 Å². The zero-order valence-electron chi connectivity index (χ0n) is 9.23. The molecule has 16 heavy (non-hydrogen) atoms. The van der Waals surface area contributed by atoms with E-state index in [4.69, 9.17) is 14.6 Å². The molecule has 1 aromatic carbocycles. The highest BCUT2D eigenvalue weighted by Crippen LogP contribution is 2.33. The minimum Gasteiger partial charge on any atom is -0.496 e. The van der Waals surface area contributed by atoms with Crippen LogP contribution >= 0.6 is 0 Å². The molecule has 86 valence electrons. The smallest absolute Gasteiger partial charge is 0.339 e. The Balaban J connectivity index is 3.64. The van der Waals surface area contributed by atoms with Crippen molar-refractivity contribution in [3.63, 3.8) is 0 Å². The molecule has 0 fully saturated rings. The van der Waals surface area contributed by atoms with Gasteiger partial charge in [0.05, 0.1) is 19.8 Å². The number of aryl methyl sites for hydroxylation is 1. The van der Waals surface area contributed by atoms with E-state index in [9.17, 15) is 9.59 Å². The van der Waals surface area contributed by atoms with Crippen LogP contribution in [0.15, 0.2) is 6.07 Å². The van der Waals surface area contributed by atoms with Gasteiger partial charge in [0, 0.05) is 0 Å². The van der Waals surface area contributed by atoms with Gasteiger partial charge < -0.3 is 14.6 Å². The van der Waals surface area contributed by atoms with Crippen LogP contribution in [0, 0.1) is 6.92 Å². The second-order valence-corrected chi connectivity index (χ2v) is 3.14. The molecule has 0 atom stereocenters. The van der Waals surface area contributed by atoms with Gasteiger partial charge in [-0.05, 0) is 18.6 Å². The van der Waals surface area contributed by atoms with Crippen LogP contribution in [0.2, 0.25) is 0 Å². The lowest BCUT2D eigenvalue weighted by Crippen LogP contribution is -2.07. The molecule has 0 bridgehead atoms. The summed E-state index contributed by atoms with van der Waals surface area (Å²) in [7, 11) is 2.72. The van der Waals surface area contributed by atoms with E-state index < -0.39 is 5.97 Å². The van der Waals surface area contributed by atoms with Crippen molar-refractivity contribution >= 4 is 12.3 Å². The Bertz CT molecular complexity index is 436. The van der Waals surface area contributed by atoms with E-state index in [-0.39, 0.29) is 16.9 Å². The van der Waals surface area contributed by atoms with Crippen molar-refractivity contribution in [2.24, 2.45) is 0 Å². The number of ether oxygens (including phenoxy) is 2. The molecule has 5 heteroatoms. The number of rotatable bonds is 4. The van der Waals surface area contributed by atoms with Crippen molar-refractivity contribution in [3.05, 3.63) is 22.8 Å². The van der Waals surface area contributed by atoms with Crippen LogP contribution in [0.1, 0.15) is 26.3 Å². The third-order valence-corrected chi connectivity index (χ3v) is 2.23. The van der Waals surface area contributed by atoms with Crippen molar-refractivity contribution in [3.8, 4) is 11.5 Å². The van der Waals surface area contributed by atoms with Gasteiger partial charge in [0.25, 0.3) is 0 Å². The first-order valence-corrected chi connectivity index (χ1v) is 4.50. The third-order valence-electron chi connectivity index (χ3n) is 2.23. The number of benzene rings is 1. The summed E-state index contributed by atoms with van der Waals surface area (Å²) in [6.07, 6.45) is 0.517. The van der Waals surface area contributed by atoms with Crippen LogP contribution in [0.5, 0.6) is 11.5 Å². The molecule has 0 saturated carbocycles. The maximum atomic E-state index is 11.0. The number of carbonyl (C=O) groups is 2. The first-order valence-electron chi connectivity index (χ1n) is 4.50. The van der Waals surface area contributed by atoms with Crippen LogP contribution < -0.4 is 9.47 Å². The summed E-state index contributed by atoms with van der Waals surface area (Å²) < 4.78 is 9.95. The van der Waals surface area contributed by atoms with E-state index >= 15 is 0 Å². The molecule has 5 nitrogen and oxygen atoms in total. The lowest BCUT2D eigenvalue weighted by atomic mass is 10.0.